The molecule has 0 saturated heterocycles. The first-order chi connectivity index (χ1) is 9.85. The summed E-state index contributed by atoms with van der Waals surface area (Å²) in [7, 11) is 1.67. The maximum absolute atomic E-state index is 12.3. The van der Waals surface area contributed by atoms with Crippen molar-refractivity contribution in [3.63, 3.8) is 0 Å². The summed E-state index contributed by atoms with van der Waals surface area (Å²) < 4.78 is 1.49. The molecule has 0 saturated carbocycles. The highest BCUT2D eigenvalue weighted by Crippen LogP contribution is 2.16. The lowest BCUT2D eigenvalue weighted by Crippen LogP contribution is -2.38. The molecule has 2 aromatic rings. The van der Waals surface area contributed by atoms with Gasteiger partial charge in [0, 0.05) is 13.1 Å². The van der Waals surface area contributed by atoms with Crippen LogP contribution < -0.4 is 10.9 Å². The van der Waals surface area contributed by atoms with Gasteiger partial charge in [0.1, 0.15) is 0 Å². The molecule has 0 bridgehead atoms. The van der Waals surface area contributed by atoms with Crippen LogP contribution in [-0.4, -0.2) is 21.5 Å². The highest BCUT2D eigenvalue weighted by atomic mass is 16.2. The molecule has 1 aromatic carbocycles. The lowest BCUT2D eigenvalue weighted by molar-refractivity contribution is 0.0932. The lowest BCUT2D eigenvalue weighted by atomic mass is 10.1. The molecule has 1 N–H and O–H groups in total. The number of fused-ring (bicyclic) bond motifs is 1. The second-order valence-electron chi connectivity index (χ2n) is 5.53. The number of benzene rings is 1. The van der Waals surface area contributed by atoms with Gasteiger partial charge in [0.15, 0.2) is 5.69 Å². The van der Waals surface area contributed by atoms with E-state index in [1.54, 1.807) is 7.05 Å². The van der Waals surface area contributed by atoms with Gasteiger partial charge >= 0.3 is 0 Å². The van der Waals surface area contributed by atoms with Gasteiger partial charge < -0.3 is 9.88 Å². The van der Waals surface area contributed by atoms with Crippen LogP contribution >= 0.6 is 0 Å². The number of aryl methyl sites for hydroxylation is 3. The molecule has 1 heterocycles. The standard InChI is InChI=1S/C16H21N3O2/c1-6-11(4)17-15(20)14-16(21)19(5)13-8-10(3)9(2)7-12(13)18-14/h7-8,11H,6H2,1-5H3,(H,17,20)/t11-/m1/s1. The Balaban J connectivity index is 2.61. The van der Waals surface area contributed by atoms with Gasteiger partial charge in [-0.1, -0.05) is 6.92 Å². The van der Waals surface area contributed by atoms with Gasteiger partial charge in [0.05, 0.1) is 11.0 Å². The van der Waals surface area contributed by atoms with Crippen molar-refractivity contribution in [2.45, 2.75) is 40.2 Å². The average molecular weight is 287 g/mol. The third-order valence-electron chi connectivity index (χ3n) is 3.90. The number of amides is 1. The van der Waals surface area contributed by atoms with Crippen molar-refractivity contribution in [1.82, 2.24) is 14.9 Å². The van der Waals surface area contributed by atoms with Gasteiger partial charge in [-0.25, -0.2) is 4.98 Å². The van der Waals surface area contributed by atoms with Crippen LogP contribution in [0.2, 0.25) is 0 Å². The van der Waals surface area contributed by atoms with E-state index in [0.717, 1.165) is 23.1 Å². The van der Waals surface area contributed by atoms with E-state index in [9.17, 15) is 9.59 Å². The molecular weight excluding hydrogens is 266 g/mol. The highest BCUT2D eigenvalue weighted by molar-refractivity contribution is 5.94. The minimum Gasteiger partial charge on any atom is -0.348 e. The summed E-state index contributed by atoms with van der Waals surface area (Å²) in [5.74, 6) is -0.412. The normalized spacial score (nSPS) is 12.4. The van der Waals surface area contributed by atoms with Crippen LogP contribution in [-0.2, 0) is 7.05 Å². The van der Waals surface area contributed by atoms with Crippen LogP contribution in [0.15, 0.2) is 16.9 Å². The fourth-order valence-electron chi connectivity index (χ4n) is 2.12. The molecule has 0 fully saturated rings. The molecule has 0 spiro atoms. The summed E-state index contributed by atoms with van der Waals surface area (Å²) >= 11 is 0. The minimum absolute atomic E-state index is 0.0134. The Morgan fingerprint density at radius 2 is 1.95 bits per heavy atom. The van der Waals surface area contributed by atoms with Crippen LogP contribution in [0.3, 0.4) is 0 Å². The van der Waals surface area contributed by atoms with Crippen LogP contribution in [0.5, 0.6) is 0 Å². The number of nitrogens with one attached hydrogen (secondary N) is 1. The first kappa shape index (κ1) is 15.2. The zero-order chi connectivity index (χ0) is 15.7. The molecule has 0 radical (unpaired) electrons. The predicted molar refractivity (Wildman–Crippen MR) is 83.7 cm³/mol. The molecule has 21 heavy (non-hydrogen) atoms. The zero-order valence-corrected chi connectivity index (χ0v) is 13.2. The van der Waals surface area contributed by atoms with Crippen LogP contribution in [0.4, 0.5) is 0 Å². The number of carbonyl (C=O) groups is 1. The van der Waals surface area contributed by atoms with E-state index < -0.39 is 5.91 Å². The van der Waals surface area contributed by atoms with Crippen molar-refractivity contribution >= 4 is 16.9 Å². The van der Waals surface area contributed by atoms with E-state index in [0.29, 0.717) is 5.52 Å². The van der Waals surface area contributed by atoms with Crippen LogP contribution in [0.25, 0.3) is 11.0 Å². The molecule has 112 valence electrons. The highest BCUT2D eigenvalue weighted by Gasteiger charge is 2.17. The molecule has 1 aromatic heterocycles. The van der Waals surface area contributed by atoms with Crippen LogP contribution in [0.1, 0.15) is 41.9 Å². The van der Waals surface area contributed by atoms with E-state index in [2.05, 4.69) is 10.3 Å². The Morgan fingerprint density at radius 1 is 1.33 bits per heavy atom. The lowest BCUT2D eigenvalue weighted by Gasteiger charge is -2.13. The summed E-state index contributed by atoms with van der Waals surface area (Å²) in [4.78, 5) is 28.8. The Morgan fingerprint density at radius 3 is 2.57 bits per heavy atom. The number of nitrogens with zero attached hydrogens (tertiary/aromatic N) is 2. The van der Waals surface area contributed by atoms with E-state index in [4.69, 9.17) is 0 Å². The largest absolute Gasteiger partial charge is 0.348 e. The molecule has 0 unspecified atom stereocenters. The molecule has 0 aliphatic heterocycles. The minimum atomic E-state index is -0.412. The van der Waals surface area contributed by atoms with Gasteiger partial charge in [-0.15, -0.1) is 0 Å². The number of aromatic nitrogens is 2. The number of hydrogen-bond acceptors (Lipinski definition) is 3. The summed E-state index contributed by atoms with van der Waals surface area (Å²) in [5, 5.41) is 2.79. The Hall–Kier alpha value is -2.17. The predicted octanol–water partition coefficient (Wildman–Crippen LogP) is 2.08. The topological polar surface area (TPSA) is 64.0 Å². The second-order valence-corrected chi connectivity index (χ2v) is 5.53. The molecule has 5 nitrogen and oxygen atoms in total. The van der Waals surface area contributed by atoms with Crippen molar-refractivity contribution in [3.05, 3.63) is 39.3 Å². The Labute approximate surface area is 124 Å². The van der Waals surface area contributed by atoms with Crippen molar-refractivity contribution in [2.24, 2.45) is 7.05 Å². The van der Waals surface area contributed by atoms with Crippen molar-refractivity contribution in [3.8, 4) is 0 Å². The summed E-state index contributed by atoms with van der Waals surface area (Å²) in [6.45, 7) is 7.85. The third-order valence-corrected chi connectivity index (χ3v) is 3.90. The van der Waals surface area contributed by atoms with E-state index >= 15 is 0 Å². The van der Waals surface area contributed by atoms with Gasteiger partial charge in [-0.3, -0.25) is 9.59 Å². The molecular formula is C16H21N3O2. The van der Waals surface area contributed by atoms with Crippen molar-refractivity contribution in [1.29, 1.82) is 0 Å². The van der Waals surface area contributed by atoms with Gasteiger partial charge in [-0.05, 0) is 50.5 Å². The third kappa shape index (κ3) is 2.82. The Kier molecular flexibility index (Phi) is 4.11. The maximum Gasteiger partial charge on any atom is 0.282 e. The van der Waals surface area contributed by atoms with Crippen molar-refractivity contribution < 1.29 is 4.79 Å². The second kappa shape index (κ2) is 5.68. The summed E-state index contributed by atoms with van der Waals surface area (Å²) in [6, 6.07) is 3.85. The quantitative estimate of drug-likeness (QED) is 0.940. The molecule has 5 heteroatoms. The molecule has 1 atom stereocenters. The number of hydrogen-bond donors (Lipinski definition) is 1. The van der Waals surface area contributed by atoms with E-state index in [1.165, 1.54) is 4.57 Å². The van der Waals surface area contributed by atoms with Gasteiger partial charge in [-0.2, -0.15) is 0 Å². The Bertz CT molecular complexity index is 762. The average Bonchev–Trinajstić information content (AvgIpc) is 2.44. The molecule has 0 aliphatic rings. The number of rotatable bonds is 3. The van der Waals surface area contributed by atoms with Gasteiger partial charge in [0.2, 0.25) is 0 Å². The monoisotopic (exact) mass is 287 g/mol. The zero-order valence-electron chi connectivity index (χ0n) is 13.2. The molecule has 2 rings (SSSR count). The van der Waals surface area contributed by atoms with Crippen molar-refractivity contribution in [2.75, 3.05) is 0 Å². The van der Waals surface area contributed by atoms with E-state index in [-0.39, 0.29) is 17.3 Å². The molecule has 1 amide bonds. The maximum atomic E-state index is 12.3. The fraction of sp³-hybridized carbons (Fsp3) is 0.438. The van der Waals surface area contributed by atoms with Gasteiger partial charge in [0.25, 0.3) is 11.5 Å². The fourth-order valence-corrected chi connectivity index (χ4v) is 2.12. The SMILES string of the molecule is CC[C@@H](C)NC(=O)c1nc2cc(C)c(C)cc2n(C)c1=O. The summed E-state index contributed by atoms with van der Waals surface area (Å²) in [5.41, 5.74) is 3.16. The number of carbonyl (C=O) groups excluding carboxylic acids is 1. The smallest absolute Gasteiger partial charge is 0.282 e. The summed E-state index contributed by atoms with van der Waals surface area (Å²) in [6.07, 6.45) is 0.804. The van der Waals surface area contributed by atoms with Crippen LogP contribution in [0, 0.1) is 13.8 Å². The first-order valence-corrected chi connectivity index (χ1v) is 7.14. The molecule has 0 aliphatic carbocycles. The first-order valence-electron chi connectivity index (χ1n) is 7.14. The van der Waals surface area contributed by atoms with E-state index in [1.807, 2.05) is 39.8 Å².